The van der Waals surface area contributed by atoms with Crippen LogP contribution in [0.25, 0.3) is 0 Å². The largest absolute Gasteiger partial charge is 0.342 e. The molecule has 1 heterocycles. The standard InChI is InChI=1S/C11H15BrN2OS/c1-14(8-2-3-8)11(15)7-13-6-9-4-5-10(12)16-9/h4-5,8,13H,2-3,6-7H2,1H3. The van der Waals surface area contributed by atoms with Gasteiger partial charge < -0.3 is 10.2 Å². The van der Waals surface area contributed by atoms with Crippen molar-refractivity contribution in [3.8, 4) is 0 Å². The van der Waals surface area contributed by atoms with E-state index >= 15 is 0 Å². The highest BCUT2D eigenvalue weighted by atomic mass is 79.9. The van der Waals surface area contributed by atoms with Crippen LogP contribution in [0.4, 0.5) is 0 Å². The third kappa shape index (κ3) is 3.30. The summed E-state index contributed by atoms with van der Waals surface area (Å²) in [6.45, 7) is 1.20. The number of hydrogen-bond donors (Lipinski definition) is 1. The molecule has 0 radical (unpaired) electrons. The van der Waals surface area contributed by atoms with Gasteiger partial charge in [0.05, 0.1) is 10.3 Å². The van der Waals surface area contributed by atoms with Crippen molar-refractivity contribution in [1.82, 2.24) is 10.2 Å². The topological polar surface area (TPSA) is 32.3 Å². The number of hydrogen-bond acceptors (Lipinski definition) is 3. The van der Waals surface area contributed by atoms with Crippen LogP contribution in [0.2, 0.25) is 0 Å². The van der Waals surface area contributed by atoms with E-state index in [1.807, 2.05) is 18.0 Å². The number of nitrogens with one attached hydrogen (secondary N) is 1. The predicted octanol–water partition coefficient (Wildman–Crippen LogP) is 2.22. The number of thiophene rings is 1. The van der Waals surface area contributed by atoms with Crippen LogP contribution in [0, 0.1) is 0 Å². The predicted molar refractivity (Wildman–Crippen MR) is 69.5 cm³/mol. The van der Waals surface area contributed by atoms with Gasteiger partial charge in [-0.3, -0.25) is 4.79 Å². The molecule has 2 rings (SSSR count). The number of halogens is 1. The minimum atomic E-state index is 0.193. The fourth-order valence-corrected chi connectivity index (χ4v) is 2.98. The Morgan fingerprint density at radius 2 is 2.38 bits per heavy atom. The molecule has 0 atom stereocenters. The van der Waals surface area contributed by atoms with Gasteiger partial charge in [-0.2, -0.15) is 0 Å². The van der Waals surface area contributed by atoms with E-state index in [0.29, 0.717) is 12.6 Å². The maximum absolute atomic E-state index is 11.7. The third-order valence-corrected chi connectivity index (χ3v) is 4.32. The zero-order chi connectivity index (χ0) is 11.5. The summed E-state index contributed by atoms with van der Waals surface area (Å²) in [4.78, 5) is 14.8. The lowest BCUT2D eigenvalue weighted by atomic mass is 10.4. The summed E-state index contributed by atoms with van der Waals surface area (Å²) in [5.74, 6) is 0.193. The Morgan fingerprint density at radius 1 is 1.62 bits per heavy atom. The summed E-state index contributed by atoms with van der Waals surface area (Å²) in [5.41, 5.74) is 0. The number of carbonyl (C=O) groups excluding carboxylic acids is 1. The van der Waals surface area contributed by atoms with Gasteiger partial charge in [-0.05, 0) is 40.9 Å². The van der Waals surface area contributed by atoms with Gasteiger partial charge in [0.2, 0.25) is 5.91 Å². The molecule has 1 aliphatic carbocycles. The first-order valence-corrected chi connectivity index (χ1v) is 6.98. The van der Waals surface area contributed by atoms with Crippen molar-refractivity contribution in [2.45, 2.75) is 25.4 Å². The van der Waals surface area contributed by atoms with Crippen LogP contribution < -0.4 is 5.32 Å². The van der Waals surface area contributed by atoms with E-state index in [4.69, 9.17) is 0 Å². The van der Waals surface area contributed by atoms with Crippen molar-refractivity contribution >= 4 is 33.2 Å². The Morgan fingerprint density at radius 3 is 2.94 bits per heavy atom. The SMILES string of the molecule is CN(C(=O)CNCc1ccc(Br)s1)C1CC1. The Kier molecular flexibility index (Phi) is 4.00. The average Bonchev–Trinajstić information content (AvgIpc) is 3.02. The molecule has 1 saturated carbocycles. The fourth-order valence-electron chi connectivity index (χ4n) is 1.53. The molecule has 1 N–H and O–H groups in total. The van der Waals surface area contributed by atoms with Gasteiger partial charge in [0, 0.05) is 24.5 Å². The molecule has 0 saturated heterocycles. The molecule has 1 aromatic heterocycles. The molecule has 16 heavy (non-hydrogen) atoms. The van der Waals surface area contributed by atoms with E-state index in [0.717, 1.165) is 10.3 Å². The maximum Gasteiger partial charge on any atom is 0.236 e. The highest BCUT2D eigenvalue weighted by molar-refractivity contribution is 9.11. The van der Waals surface area contributed by atoms with Crippen molar-refractivity contribution in [3.05, 3.63) is 20.8 Å². The summed E-state index contributed by atoms with van der Waals surface area (Å²) < 4.78 is 1.13. The van der Waals surface area contributed by atoms with Crippen LogP contribution in [-0.2, 0) is 11.3 Å². The second-order valence-electron chi connectivity index (χ2n) is 4.05. The maximum atomic E-state index is 11.7. The van der Waals surface area contributed by atoms with Gasteiger partial charge >= 0.3 is 0 Å². The highest BCUT2D eigenvalue weighted by Crippen LogP contribution is 2.25. The Hall–Kier alpha value is -0.390. The zero-order valence-corrected chi connectivity index (χ0v) is 11.6. The number of amides is 1. The molecule has 0 spiro atoms. The summed E-state index contributed by atoms with van der Waals surface area (Å²) >= 11 is 5.11. The highest BCUT2D eigenvalue weighted by Gasteiger charge is 2.28. The molecule has 0 aliphatic heterocycles. The van der Waals surface area contributed by atoms with E-state index in [9.17, 15) is 4.79 Å². The van der Waals surface area contributed by atoms with E-state index in [2.05, 4.69) is 27.3 Å². The molecule has 0 bridgehead atoms. The van der Waals surface area contributed by atoms with Crippen LogP contribution >= 0.6 is 27.3 Å². The smallest absolute Gasteiger partial charge is 0.236 e. The molecule has 1 aromatic rings. The molecule has 0 unspecified atom stereocenters. The van der Waals surface area contributed by atoms with E-state index in [1.54, 1.807) is 11.3 Å². The second-order valence-corrected chi connectivity index (χ2v) is 6.59. The van der Waals surface area contributed by atoms with Crippen LogP contribution in [0.5, 0.6) is 0 Å². The number of carbonyl (C=O) groups is 1. The monoisotopic (exact) mass is 302 g/mol. The van der Waals surface area contributed by atoms with Crippen molar-refractivity contribution in [3.63, 3.8) is 0 Å². The first-order chi connectivity index (χ1) is 7.66. The van der Waals surface area contributed by atoms with Gasteiger partial charge in [0.1, 0.15) is 0 Å². The second kappa shape index (κ2) is 5.29. The van der Waals surface area contributed by atoms with Crippen molar-refractivity contribution in [1.29, 1.82) is 0 Å². The van der Waals surface area contributed by atoms with Crippen molar-refractivity contribution < 1.29 is 4.79 Å². The van der Waals surface area contributed by atoms with Crippen LogP contribution in [0.3, 0.4) is 0 Å². The third-order valence-electron chi connectivity index (χ3n) is 2.69. The summed E-state index contributed by atoms with van der Waals surface area (Å²) in [7, 11) is 1.89. The first kappa shape index (κ1) is 12.1. The Bertz CT molecular complexity index is 376. The lowest BCUT2D eigenvalue weighted by Gasteiger charge is -2.16. The lowest BCUT2D eigenvalue weighted by molar-refractivity contribution is -0.129. The first-order valence-electron chi connectivity index (χ1n) is 5.37. The number of nitrogens with zero attached hydrogens (tertiary/aromatic N) is 1. The normalized spacial score (nSPS) is 15.1. The molecule has 1 fully saturated rings. The molecule has 1 amide bonds. The van der Waals surface area contributed by atoms with Gasteiger partial charge in [0.15, 0.2) is 0 Å². The minimum absolute atomic E-state index is 0.193. The van der Waals surface area contributed by atoms with Gasteiger partial charge in [-0.25, -0.2) is 0 Å². The quantitative estimate of drug-likeness (QED) is 0.904. The number of rotatable bonds is 5. The fraction of sp³-hybridized carbons (Fsp3) is 0.545. The zero-order valence-electron chi connectivity index (χ0n) is 9.20. The minimum Gasteiger partial charge on any atom is -0.342 e. The Balaban J connectivity index is 1.69. The van der Waals surface area contributed by atoms with Crippen LogP contribution in [0.1, 0.15) is 17.7 Å². The molecule has 0 aromatic carbocycles. The molecular weight excluding hydrogens is 288 g/mol. The van der Waals surface area contributed by atoms with E-state index < -0.39 is 0 Å². The van der Waals surface area contributed by atoms with Crippen molar-refractivity contribution in [2.24, 2.45) is 0 Å². The van der Waals surface area contributed by atoms with Crippen LogP contribution in [-0.4, -0.2) is 30.4 Å². The summed E-state index contributed by atoms with van der Waals surface area (Å²) in [6, 6.07) is 4.60. The van der Waals surface area contributed by atoms with E-state index in [-0.39, 0.29) is 5.91 Å². The van der Waals surface area contributed by atoms with Crippen LogP contribution in [0.15, 0.2) is 15.9 Å². The van der Waals surface area contributed by atoms with Gasteiger partial charge in [0.25, 0.3) is 0 Å². The molecule has 88 valence electrons. The summed E-state index contributed by atoms with van der Waals surface area (Å²) in [6.07, 6.45) is 2.33. The molecular formula is C11H15BrN2OS. The van der Waals surface area contributed by atoms with Crippen molar-refractivity contribution in [2.75, 3.05) is 13.6 Å². The summed E-state index contributed by atoms with van der Waals surface area (Å²) in [5, 5.41) is 3.18. The average molecular weight is 303 g/mol. The molecule has 3 nitrogen and oxygen atoms in total. The lowest BCUT2D eigenvalue weighted by Crippen LogP contribution is -2.36. The van der Waals surface area contributed by atoms with Gasteiger partial charge in [-0.1, -0.05) is 0 Å². The number of likely N-dealkylation sites (N-methyl/N-ethyl adjacent to an activating group) is 1. The molecule has 5 heteroatoms. The Labute approximate surface area is 108 Å². The van der Waals surface area contributed by atoms with Gasteiger partial charge in [-0.15, -0.1) is 11.3 Å². The van der Waals surface area contributed by atoms with E-state index in [1.165, 1.54) is 17.7 Å². The molecule has 1 aliphatic rings.